The van der Waals surface area contributed by atoms with Gasteiger partial charge in [0.1, 0.15) is 0 Å². The summed E-state index contributed by atoms with van der Waals surface area (Å²) < 4.78 is 4.92. The van der Waals surface area contributed by atoms with Crippen LogP contribution in [-0.4, -0.2) is 9.13 Å². The maximum Gasteiger partial charge on any atom is 0.0713 e. The average molecular weight is 817 g/mol. The fourth-order valence-corrected chi connectivity index (χ4v) is 10.7. The lowest BCUT2D eigenvalue weighted by Gasteiger charge is -2.34. The van der Waals surface area contributed by atoms with E-state index in [2.05, 4.69) is 247 Å². The Morgan fingerprint density at radius 3 is 1.05 bits per heavy atom. The Balaban J connectivity index is 1.10. The molecular weight excluding hydrogens is 761 g/mol. The van der Waals surface area contributed by atoms with Crippen LogP contribution in [0.2, 0.25) is 0 Å². The minimum atomic E-state index is -0.517. The number of nitrogens with zero attached hydrogens (tertiary/aromatic N) is 2. The second-order valence-corrected chi connectivity index (χ2v) is 21.1. The second-order valence-electron chi connectivity index (χ2n) is 21.1. The van der Waals surface area contributed by atoms with E-state index in [-0.39, 0.29) is 16.2 Å². The molecule has 8 aromatic carbocycles. The molecule has 63 heavy (non-hydrogen) atoms. The van der Waals surface area contributed by atoms with Crippen LogP contribution < -0.4 is 0 Å². The van der Waals surface area contributed by atoms with Gasteiger partial charge < -0.3 is 9.13 Å². The van der Waals surface area contributed by atoms with Crippen LogP contribution in [0.25, 0.3) is 66.1 Å². The molecule has 0 N–H and O–H groups in total. The van der Waals surface area contributed by atoms with E-state index in [0.29, 0.717) is 0 Å². The van der Waals surface area contributed by atoms with Crippen molar-refractivity contribution in [1.82, 2.24) is 9.13 Å². The summed E-state index contributed by atoms with van der Waals surface area (Å²) in [5.74, 6) is 0. The van der Waals surface area contributed by atoms with Crippen molar-refractivity contribution in [2.24, 2.45) is 0 Å². The van der Waals surface area contributed by atoms with Crippen LogP contribution in [0.4, 0.5) is 0 Å². The molecule has 2 aromatic heterocycles. The molecule has 0 spiro atoms. The Bertz CT molecular complexity index is 3300. The Hall–Kier alpha value is -6.64. The maximum absolute atomic E-state index is 2.47. The molecule has 2 heterocycles. The van der Waals surface area contributed by atoms with Crippen LogP contribution in [0.15, 0.2) is 176 Å². The van der Waals surface area contributed by atoms with E-state index in [1.165, 1.54) is 93.7 Å². The van der Waals surface area contributed by atoms with Crippen molar-refractivity contribution in [2.75, 3.05) is 0 Å². The first-order chi connectivity index (χ1) is 30.1. The van der Waals surface area contributed by atoms with E-state index in [1.807, 2.05) is 0 Å². The van der Waals surface area contributed by atoms with Crippen LogP contribution in [0, 0.1) is 0 Å². The van der Waals surface area contributed by atoms with E-state index in [4.69, 9.17) is 0 Å². The van der Waals surface area contributed by atoms with Gasteiger partial charge in [0.2, 0.25) is 0 Å². The summed E-state index contributed by atoms with van der Waals surface area (Å²) in [5.41, 5.74) is 18.7. The lowest BCUT2D eigenvalue weighted by Crippen LogP contribution is -2.28. The van der Waals surface area contributed by atoms with Crippen molar-refractivity contribution in [3.05, 3.63) is 215 Å². The number of fused-ring (bicyclic) bond motifs is 9. The number of benzene rings is 8. The van der Waals surface area contributed by atoms with E-state index in [9.17, 15) is 0 Å². The van der Waals surface area contributed by atoms with Crippen LogP contribution in [0.1, 0.15) is 101 Å². The summed E-state index contributed by atoms with van der Waals surface area (Å²) in [5, 5.41) is 5.19. The molecule has 310 valence electrons. The molecule has 0 unspecified atom stereocenters. The predicted molar refractivity (Wildman–Crippen MR) is 269 cm³/mol. The van der Waals surface area contributed by atoms with Crippen molar-refractivity contribution in [1.29, 1.82) is 0 Å². The number of aromatic nitrogens is 2. The zero-order valence-corrected chi connectivity index (χ0v) is 38.1. The molecular formula is C61H56N2. The molecule has 0 bridgehead atoms. The normalized spacial score (nSPS) is 13.9. The Morgan fingerprint density at radius 1 is 0.317 bits per heavy atom. The third kappa shape index (κ3) is 5.91. The van der Waals surface area contributed by atoms with Gasteiger partial charge in [0.15, 0.2) is 0 Å². The zero-order chi connectivity index (χ0) is 43.6. The predicted octanol–water partition coefficient (Wildman–Crippen LogP) is 16.1. The van der Waals surface area contributed by atoms with E-state index >= 15 is 0 Å². The smallest absolute Gasteiger partial charge is 0.0713 e. The van der Waals surface area contributed by atoms with Crippen molar-refractivity contribution < 1.29 is 0 Å². The molecule has 0 saturated carbocycles. The SMILES string of the molecule is CC(C)(C)c1ccc2c(c1)c1ccccc1n2-c1ccc(C2(c3ccc(-n4c5ccc(C(C)(C)C)cc5c5cc(C(C)(C)C)ccc54)cc3)c3ccccc3-c3ccccc32)cc1. The van der Waals surface area contributed by atoms with Crippen LogP contribution in [-0.2, 0) is 21.7 Å². The largest absolute Gasteiger partial charge is 0.309 e. The molecule has 0 aliphatic heterocycles. The first-order valence-corrected chi connectivity index (χ1v) is 22.7. The van der Waals surface area contributed by atoms with E-state index in [1.54, 1.807) is 0 Å². The first-order valence-electron chi connectivity index (χ1n) is 22.7. The third-order valence-electron chi connectivity index (χ3n) is 14.1. The topological polar surface area (TPSA) is 9.86 Å². The molecule has 10 aromatic rings. The molecule has 2 heteroatoms. The number of rotatable bonds is 4. The lowest BCUT2D eigenvalue weighted by atomic mass is 9.67. The summed E-state index contributed by atoms with van der Waals surface area (Å²) in [7, 11) is 0. The van der Waals surface area contributed by atoms with Gasteiger partial charge in [-0.05, 0) is 133 Å². The number of para-hydroxylation sites is 1. The van der Waals surface area contributed by atoms with E-state index < -0.39 is 5.41 Å². The Labute approximate surface area is 372 Å². The van der Waals surface area contributed by atoms with Gasteiger partial charge in [0.05, 0.1) is 27.5 Å². The highest BCUT2D eigenvalue weighted by Gasteiger charge is 2.46. The van der Waals surface area contributed by atoms with Gasteiger partial charge in [0.25, 0.3) is 0 Å². The number of hydrogen-bond donors (Lipinski definition) is 0. The van der Waals surface area contributed by atoms with Crippen molar-refractivity contribution >= 4 is 43.6 Å². The quantitative estimate of drug-likeness (QED) is 0.167. The fourth-order valence-electron chi connectivity index (χ4n) is 10.7. The van der Waals surface area contributed by atoms with E-state index in [0.717, 1.165) is 11.4 Å². The molecule has 1 aliphatic rings. The van der Waals surface area contributed by atoms with Crippen LogP contribution in [0.5, 0.6) is 0 Å². The molecule has 0 saturated heterocycles. The summed E-state index contributed by atoms with van der Waals surface area (Å²) in [6.07, 6.45) is 0. The first kappa shape index (κ1) is 39.2. The second kappa shape index (κ2) is 13.7. The minimum Gasteiger partial charge on any atom is -0.309 e. The summed E-state index contributed by atoms with van der Waals surface area (Å²) >= 11 is 0. The monoisotopic (exact) mass is 816 g/mol. The molecule has 0 amide bonds. The van der Waals surface area contributed by atoms with Gasteiger partial charge in [-0.2, -0.15) is 0 Å². The van der Waals surface area contributed by atoms with Crippen molar-refractivity contribution in [3.63, 3.8) is 0 Å². The molecule has 1 aliphatic carbocycles. The standard InChI is InChI=1S/C61H56N2/c1-58(2,3)41-26-33-55-49(36-41)48-18-12-15-21-54(48)62(55)44-29-22-39(23-30-44)61(52-19-13-10-16-46(52)47-17-11-14-20-53(47)61)40-24-31-45(32-25-40)63-56-34-27-42(59(4,5)6)37-50(56)51-38-43(60(7,8)9)28-35-57(51)63/h10-38H,1-9H3. The molecule has 11 rings (SSSR count). The molecule has 0 atom stereocenters. The average Bonchev–Trinajstić information content (AvgIpc) is 3.89. The molecule has 0 fully saturated rings. The highest BCUT2D eigenvalue weighted by molar-refractivity contribution is 6.11. The summed E-state index contributed by atoms with van der Waals surface area (Å²) in [4.78, 5) is 0. The maximum atomic E-state index is 2.47. The van der Waals surface area contributed by atoms with Gasteiger partial charge in [-0.3, -0.25) is 0 Å². The Kier molecular flexibility index (Phi) is 8.52. The van der Waals surface area contributed by atoms with Crippen molar-refractivity contribution in [3.8, 4) is 22.5 Å². The zero-order valence-electron chi connectivity index (χ0n) is 38.1. The fraction of sp³-hybridized carbons (Fsp3) is 0.213. The van der Waals surface area contributed by atoms with Gasteiger partial charge in [-0.1, -0.05) is 172 Å². The van der Waals surface area contributed by atoms with Gasteiger partial charge >= 0.3 is 0 Å². The minimum absolute atomic E-state index is 0.0475. The third-order valence-corrected chi connectivity index (χ3v) is 14.1. The molecule has 0 radical (unpaired) electrons. The van der Waals surface area contributed by atoms with Gasteiger partial charge in [-0.15, -0.1) is 0 Å². The van der Waals surface area contributed by atoms with Crippen LogP contribution >= 0.6 is 0 Å². The lowest BCUT2D eigenvalue weighted by molar-refractivity contribution is 0.590. The van der Waals surface area contributed by atoms with Crippen LogP contribution in [0.3, 0.4) is 0 Å². The van der Waals surface area contributed by atoms with Crippen molar-refractivity contribution in [2.45, 2.75) is 84.0 Å². The summed E-state index contributed by atoms with van der Waals surface area (Å²) in [6, 6.07) is 67.1. The van der Waals surface area contributed by atoms with Gasteiger partial charge in [-0.25, -0.2) is 0 Å². The molecule has 2 nitrogen and oxygen atoms in total. The highest BCUT2D eigenvalue weighted by Crippen LogP contribution is 2.56. The highest BCUT2D eigenvalue weighted by atomic mass is 15.0. The number of hydrogen-bond acceptors (Lipinski definition) is 0. The summed E-state index contributed by atoms with van der Waals surface area (Å²) in [6.45, 7) is 20.7. The van der Waals surface area contributed by atoms with Gasteiger partial charge in [0, 0.05) is 32.9 Å². The Morgan fingerprint density at radius 2 is 0.651 bits per heavy atom.